The first kappa shape index (κ1) is 35.4. The van der Waals surface area contributed by atoms with Gasteiger partial charge in [0, 0.05) is 58.2 Å². The van der Waals surface area contributed by atoms with Crippen molar-refractivity contribution in [1.29, 1.82) is 0 Å². The van der Waals surface area contributed by atoms with Gasteiger partial charge in [-0.25, -0.2) is 26.8 Å². The van der Waals surface area contributed by atoms with E-state index in [9.17, 15) is 16.8 Å². The molecule has 13 heteroatoms. The Bertz CT molecular complexity index is 2150. The number of hydrogen-bond donors (Lipinski definition) is 1. The predicted molar refractivity (Wildman–Crippen MR) is 191 cm³/mol. The van der Waals surface area contributed by atoms with Crippen molar-refractivity contribution in [3.8, 4) is 23.7 Å². The number of fused-ring (bicyclic) bond motifs is 2. The van der Waals surface area contributed by atoms with Gasteiger partial charge < -0.3 is 5.32 Å². The molecular weight excluding hydrogens is 723 g/mol. The van der Waals surface area contributed by atoms with Gasteiger partial charge in [0.15, 0.2) is 0 Å². The first-order valence-corrected chi connectivity index (χ1v) is 19.9. The zero-order valence-corrected chi connectivity index (χ0v) is 30.0. The second-order valence-corrected chi connectivity index (χ2v) is 17.7. The molecule has 2 saturated heterocycles. The van der Waals surface area contributed by atoms with Crippen molar-refractivity contribution < 1.29 is 16.8 Å². The van der Waals surface area contributed by atoms with E-state index in [1.807, 2.05) is 36.4 Å². The third-order valence-corrected chi connectivity index (χ3v) is 12.6. The highest BCUT2D eigenvalue weighted by molar-refractivity contribution is 8.13. The van der Waals surface area contributed by atoms with E-state index in [1.54, 1.807) is 36.7 Å². The van der Waals surface area contributed by atoms with E-state index in [2.05, 4.69) is 39.0 Å². The Morgan fingerprint density at radius 3 is 1.71 bits per heavy atom. The second kappa shape index (κ2) is 14.4. The molecule has 252 valence electrons. The highest BCUT2D eigenvalue weighted by atomic mass is 35.7. The fourth-order valence-corrected chi connectivity index (χ4v) is 8.53. The molecule has 0 spiro atoms. The lowest BCUT2D eigenvalue weighted by Gasteiger charge is -2.19. The molecule has 49 heavy (non-hydrogen) atoms. The van der Waals surface area contributed by atoms with E-state index in [-0.39, 0.29) is 15.2 Å². The van der Waals surface area contributed by atoms with Gasteiger partial charge in [-0.1, -0.05) is 47.2 Å². The van der Waals surface area contributed by atoms with Gasteiger partial charge in [0.2, 0.25) is 10.0 Å². The van der Waals surface area contributed by atoms with Crippen LogP contribution >= 0.6 is 33.9 Å². The molecule has 8 nitrogen and oxygen atoms in total. The molecular formula is C36H31Cl3N4O4S2. The largest absolute Gasteiger partial charge is 0.315 e. The average molecular weight is 754 g/mol. The molecule has 4 heterocycles. The Hall–Kier alpha value is -3.45. The van der Waals surface area contributed by atoms with Crippen LogP contribution in [0.15, 0.2) is 107 Å². The Labute approximate surface area is 301 Å². The van der Waals surface area contributed by atoms with Crippen LogP contribution in [0.1, 0.15) is 24.2 Å². The zero-order valence-electron chi connectivity index (χ0n) is 26.1. The minimum atomic E-state index is -3.61. The van der Waals surface area contributed by atoms with Crippen LogP contribution in [0.5, 0.6) is 0 Å². The molecule has 0 bridgehead atoms. The lowest BCUT2D eigenvalue weighted by atomic mass is 10.1. The number of aromatic nitrogens is 2. The van der Waals surface area contributed by atoms with Crippen molar-refractivity contribution in [2.45, 2.75) is 22.6 Å². The molecule has 4 aliphatic rings. The molecule has 4 fully saturated rings. The maximum absolute atomic E-state index is 12.8. The van der Waals surface area contributed by atoms with Crippen molar-refractivity contribution in [1.82, 2.24) is 19.6 Å². The van der Waals surface area contributed by atoms with Crippen LogP contribution in [-0.4, -0.2) is 57.3 Å². The number of hydrogen-bond acceptors (Lipinski definition) is 7. The maximum Gasteiger partial charge on any atom is 0.261 e. The molecule has 2 aliphatic carbocycles. The number of sulfonamides is 1. The summed E-state index contributed by atoms with van der Waals surface area (Å²) in [6, 6.07) is 23.4. The first-order valence-electron chi connectivity index (χ1n) is 15.4. The molecule has 2 aliphatic heterocycles. The molecule has 2 aromatic carbocycles. The summed E-state index contributed by atoms with van der Waals surface area (Å²) in [6.45, 7) is 3.19. The third-order valence-electron chi connectivity index (χ3n) is 8.93. The van der Waals surface area contributed by atoms with E-state index in [0.717, 1.165) is 36.8 Å². The van der Waals surface area contributed by atoms with Crippen molar-refractivity contribution in [3.05, 3.63) is 119 Å². The lowest BCUT2D eigenvalue weighted by Crippen LogP contribution is -2.31. The lowest BCUT2D eigenvalue weighted by molar-refractivity contribution is 0.430. The van der Waals surface area contributed by atoms with E-state index in [4.69, 9.17) is 33.9 Å². The SMILES string of the molecule is C(#CC12CNCC1C2)c1ccccn1.O=S(=O)(Cl)c1ccc(Cl)cc1.O=S(=O)(c1ccc(Cl)cc1)N1CC2CC2(C#Cc2ccccn2)C1. The number of rotatable bonds is 3. The van der Waals surface area contributed by atoms with Crippen molar-refractivity contribution in [2.24, 2.45) is 22.7 Å². The summed E-state index contributed by atoms with van der Waals surface area (Å²) >= 11 is 11.4. The molecule has 4 atom stereocenters. The summed E-state index contributed by atoms with van der Waals surface area (Å²) < 4.78 is 48.4. The predicted octanol–water partition coefficient (Wildman–Crippen LogP) is 6.11. The first-order chi connectivity index (χ1) is 23.4. The molecule has 1 N–H and O–H groups in total. The average Bonchev–Trinajstić information content (AvgIpc) is 3.87. The van der Waals surface area contributed by atoms with Gasteiger partial charge in [0.25, 0.3) is 9.05 Å². The van der Waals surface area contributed by atoms with Gasteiger partial charge in [-0.15, -0.1) is 0 Å². The summed E-state index contributed by atoms with van der Waals surface area (Å²) in [6.07, 6.45) is 5.73. The summed E-state index contributed by atoms with van der Waals surface area (Å²) in [5, 5.41) is 4.38. The molecule has 8 rings (SSSR count). The highest BCUT2D eigenvalue weighted by Crippen LogP contribution is 2.58. The van der Waals surface area contributed by atoms with Gasteiger partial charge in [0.1, 0.15) is 11.4 Å². The Morgan fingerprint density at radius 1 is 0.714 bits per heavy atom. The number of halogens is 3. The Morgan fingerprint density at radius 2 is 1.24 bits per heavy atom. The van der Waals surface area contributed by atoms with Crippen LogP contribution in [0.4, 0.5) is 0 Å². The number of nitrogens with one attached hydrogen (secondary N) is 1. The molecule has 0 amide bonds. The van der Waals surface area contributed by atoms with Crippen LogP contribution in [0.25, 0.3) is 0 Å². The van der Waals surface area contributed by atoms with E-state index >= 15 is 0 Å². The van der Waals surface area contributed by atoms with Crippen LogP contribution in [0, 0.1) is 46.3 Å². The molecule has 4 unspecified atom stereocenters. The van der Waals surface area contributed by atoms with Gasteiger partial charge in [-0.2, -0.15) is 4.31 Å². The Balaban J connectivity index is 0.000000141. The quantitative estimate of drug-likeness (QED) is 0.199. The van der Waals surface area contributed by atoms with Crippen LogP contribution in [0.3, 0.4) is 0 Å². The number of nitrogens with zero attached hydrogens (tertiary/aromatic N) is 3. The number of benzene rings is 2. The summed E-state index contributed by atoms with van der Waals surface area (Å²) in [5.41, 5.74) is 1.70. The number of pyridine rings is 2. The van der Waals surface area contributed by atoms with E-state index in [1.165, 1.54) is 35.0 Å². The fourth-order valence-electron chi connectivity index (χ4n) is 5.95. The van der Waals surface area contributed by atoms with Crippen molar-refractivity contribution in [2.75, 3.05) is 26.2 Å². The highest BCUT2D eigenvalue weighted by Gasteiger charge is 2.61. The minimum Gasteiger partial charge on any atom is -0.315 e. The topological polar surface area (TPSA) is 109 Å². The van der Waals surface area contributed by atoms with Crippen LogP contribution in [-0.2, 0) is 19.1 Å². The summed E-state index contributed by atoms with van der Waals surface area (Å²) in [7, 11) is -2.05. The van der Waals surface area contributed by atoms with Crippen molar-refractivity contribution in [3.63, 3.8) is 0 Å². The second-order valence-electron chi connectivity index (χ2n) is 12.3. The maximum atomic E-state index is 12.8. The zero-order chi connectivity index (χ0) is 34.7. The normalized spacial score (nSPS) is 24.6. The van der Waals surface area contributed by atoms with Gasteiger partial charge >= 0.3 is 0 Å². The monoisotopic (exact) mass is 752 g/mol. The fraction of sp³-hybridized carbons (Fsp3) is 0.278. The standard InChI is InChI=1S/C18H15ClN2O2S.C12H12N2.C6H4Cl2O2S/c19-15-4-6-17(7-5-15)24(22,23)21-12-14-11-18(14,13-21)9-8-16-3-1-2-10-20-16;1-2-6-14-11(3-1)4-5-12-7-10(12)8-13-9-12;7-5-1-3-6(4-2-5)11(8,9)10/h1-7,10,14H,11-13H2;1-3,6,10,13H,7-9H2;1-4H. The van der Waals surface area contributed by atoms with Gasteiger partial charge in [0.05, 0.1) is 15.2 Å². The molecule has 2 aromatic heterocycles. The third kappa shape index (κ3) is 8.65. The van der Waals surface area contributed by atoms with Crippen LogP contribution < -0.4 is 5.32 Å². The molecule has 0 radical (unpaired) electrons. The van der Waals surface area contributed by atoms with Gasteiger partial charge in [-0.3, -0.25) is 0 Å². The summed E-state index contributed by atoms with van der Waals surface area (Å²) in [5.74, 6) is 14.0. The smallest absolute Gasteiger partial charge is 0.261 e. The van der Waals surface area contributed by atoms with E-state index < -0.39 is 19.1 Å². The minimum absolute atomic E-state index is 0.0589. The van der Waals surface area contributed by atoms with Crippen LogP contribution in [0.2, 0.25) is 10.0 Å². The van der Waals surface area contributed by atoms with Gasteiger partial charge in [-0.05, 0) is 116 Å². The van der Waals surface area contributed by atoms with Crippen molar-refractivity contribution >= 4 is 53.0 Å². The van der Waals surface area contributed by atoms with E-state index in [0.29, 0.717) is 34.5 Å². The molecule has 2 saturated carbocycles. The summed E-state index contributed by atoms with van der Waals surface area (Å²) in [4.78, 5) is 8.73. The Kier molecular flexibility index (Phi) is 10.4. The number of piperidine rings is 2. The molecule has 4 aromatic rings.